The highest BCUT2D eigenvalue weighted by atomic mass is 35.5. The highest BCUT2D eigenvalue weighted by Crippen LogP contribution is 2.18. The molecule has 0 saturated carbocycles. The molecule has 0 aromatic rings. The molecule has 4 heteroatoms. The summed E-state index contributed by atoms with van der Waals surface area (Å²) in [7, 11) is 1.42. The van der Waals surface area contributed by atoms with Gasteiger partial charge in [-0.1, -0.05) is 11.6 Å². The first-order valence-corrected chi connectivity index (χ1v) is 2.72. The first-order chi connectivity index (χ1) is 4.24. The molecule has 0 spiro atoms. The molecule has 1 aliphatic rings. The first-order valence-electron chi connectivity index (χ1n) is 2.34. The molecular weight excluding hydrogens is 144 g/mol. The lowest BCUT2D eigenvalue weighted by Gasteiger charge is -2.05. The van der Waals surface area contributed by atoms with E-state index >= 15 is 0 Å². The molecular formula is C5H5ClO3. The van der Waals surface area contributed by atoms with Gasteiger partial charge in [0, 0.05) is 13.2 Å². The van der Waals surface area contributed by atoms with Crippen molar-refractivity contribution in [2.24, 2.45) is 0 Å². The van der Waals surface area contributed by atoms with Crippen LogP contribution in [0.25, 0.3) is 0 Å². The molecule has 0 aromatic heterocycles. The fraction of sp³-hybridized carbons (Fsp3) is 0.400. The molecule has 1 heterocycles. The van der Waals surface area contributed by atoms with Crippen LogP contribution in [0.1, 0.15) is 0 Å². The van der Waals surface area contributed by atoms with Gasteiger partial charge >= 0.3 is 5.97 Å². The van der Waals surface area contributed by atoms with Gasteiger partial charge in [0.1, 0.15) is 0 Å². The number of rotatable bonds is 1. The summed E-state index contributed by atoms with van der Waals surface area (Å²) < 4.78 is 9.19. The Labute approximate surface area is 57.2 Å². The summed E-state index contributed by atoms with van der Waals surface area (Å²) in [6.45, 7) is 0. The summed E-state index contributed by atoms with van der Waals surface area (Å²) in [6, 6.07) is 0. The van der Waals surface area contributed by atoms with Crippen molar-refractivity contribution in [1.82, 2.24) is 0 Å². The van der Waals surface area contributed by atoms with E-state index < -0.39 is 12.3 Å². The third-order valence-corrected chi connectivity index (χ3v) is 1.21. The lowest BCUT2D eigenvalue weighted by Crippen LogP contribution is -2.11. The second-order valence-corrected chi connectivity index (χ2v) is 1.97. The normalized spacial score (nSPS) is 25.8. The van der Waals surface area contributed by atoms with E-state index in [1.807, 2.05) is 0 Å². The largest absolute Gasteiger partial charge is 0.427 e. The van der Waals surface area contributed by atoms with Gasteiger partial charge < -0.3 is 9.47 Å². The standard InChI is InChI=1S/C5H5ClO3/c1-8-5-3(6)2-4(7)9-5/h2,5H,1H3. The SMILES string of the molecule is COC1OC(=O)C=C1Cl. The molecule has 1 rings (SSSR count). The van der Waals surface area contributed by atoms with Gasteiger partial charge in [0.25, 0.3) is 0 Å². The fourth-order valence-corrected chi connectivity index (χ4v) is 0.760. The third-order valence-electron chi connectivity index (χ3n) is 0.918. The van der Waals surface area contributed by atoms with Gasteiger partial charge in [-0.15, -0.1) is 0 Å². The molecule has 9 heavy (non-hydrogen) atoms. The lowest BCUT2D eigenvalue weighted by molar-refractivity contribution is -0.154. The third kappa shape index (κ3) is 1.23. The molecule has 3 nitrogen and oxygen atoms in total. The van der Waals surface area contributed by atoms with Crippen LogP contribution in [0.5, 0.6) is 0 Å². The van der Waals surface area contributed by atoms with Crippen LogP contribution in [0, 0.1) is 0 Å². The minimum atomic E-state index is -0.681. The zero-order valence-corrected chi connectivity index (χ0v) is 5.51. The van der Waals surface area contributed by atoms with E-state index in [0.29, 0.717) is 5.03 Å². The summed E-state index contributed by atoms with van der Waals surface area (Å²) in [5, 5.41) is 0.294. The number of carbonyl (C=O) groups excluding carboxylic acids is 1. The summed E-state index contributed by atoms with van der Waals surface area (Å²) in [6.07, 6.45) is 0.509. The molecule has 1 aliphatic heterocycles. The molecule has 50 valence electrons. The maximum Gasteiger partial charge on any atom is 0.334 e. The van der Waals surface area contributed by atoms with Gasteiger partial charge in [-0.25, -0.2) is 4.79 Å². The average Bonchev–Trinajstić information content (AvgIpc) is 2.10. The van der Waals surface area contributed by atoms with Crippen molar-refractivity contribution in [3.8, 4) is 0 Å². The van der Waals surface area contributed by atoms with Crippen LogP contribution >= 0.6 is 11.6 Å². The molecule has 1 atom stereocenters. The van der Waals surface area contributed by atoms with Crippen molar-refractivity contribution >= 4 is 17.6 Å². The molecule has 0 saturated heterocycles. The number of hydrogen-bond donors (Lipinski definition) is 0. The molecule has 0 bridgehead atoms. The summed E-state index contributed by atoms with van der Waals surface area (Å²) >= 11 is 5.46. The Bertz CT molecular complexity index is 164. The maximum atomic E-state index is 10.4. The second-order valence-electron chi connectivity index (χ2n) is 1.53. The summed E-state index contributed by atoms with van der Waals surface area (Å²) in [4.78, 5) is 10.4. The Hall–Kier alpha value is -0.540. The highest BCUT2D eigenvalue weighted by Gasteiger charge is 2.23. The number of esters is 1. The van der Waals surface area contributed by atoms with Gasteiger partial charge in [-0.3, -0.25) is 0 Å². The maximum absolute atomic E-state index is 10.4. The molecule has 0 N–H and O–H groups in total. The highest BCUT2D eigenvalue weighted by molar-refractivity contribution is 6.32. The molecule has 0 radical (unpaired) electrons. The minimum absolute atomic E-state index is 0.294. The molecule has 0 fully saturated rings. The lowest BCUT2D eigenvalue weighted by atomic mass is 10.5. The zero-order chi connectivity index (χ0) is 6.85. The van der Waals surface area contributed by atoms with Crippen LogP contribution < -0.4 is 0 Å². The van der Waals surface area contributed by atoms with Gasteiger partial charge in [0.2, 0.25) is 6.29 Å². The molecule has 0 amide bonds. The number of ether oxygens (including phenoxy) is 2. The predicted octanol–water partition coefficient (Wildman–Crippen LogP) is 0.638. The van der Waals surface area contributed by atoms with Crippen LogP contribution in [-0.4, -0.2) is 19.4 Å². The number of carbonyl (C=O) groups is 1. The smallest absolute Gasteiger partial charge is 0.334 e. The second kappa shape index (κ2) is 2.37. The monoisotopic (exact) mass is 148 g/mol. The number of methoxy groups -OCH3 is 1. The first kappa shape index (κ1) is 6.58. The zero-order valence-electron chi connectivity index (χ0n) is 4.76. The molecule has 0 aromatic carbocycles. The van der Waals surface area contributed by atoms with E-state index in [1.54, 1.807) is 0 Å². The van der Waals surface area contributed by atoms with Crippen molar-refractivity contribution < 1.29 is 14.3 Å². The fourth-order valence-electron chi connectivity index (χ4n) is 0.537. The van der Waals surface area contributed by atoms with Crippen molar-refractivity contribution in [2.45, 2.75) is 6.29 Å². The Kier molecular flexibility index (Phi) is 1.73. The van der Waals surface area contributed by atoms with Crippen LogP contribution in [-0.2, 0) is 14.3 Å². The van der Waals surface area contributed by atoms with Crippen molar-refractivity contribution in [1.29, 1.82) is 0 Å². The van der Waals surface area contributed by atoms with E-state index in [-0.39, 0.29) is 0 Å². The number of hydrogen-bond acceptors (Lipinski definition) is 3. The summed E-state index contributed by atoms with van der Waals surface area (Å²) in [5.74, 6) is -0.452. The van der Waals surface area contributed by atoms with Gasteiger partial charge in [-0.2, -0.15) is 0 Å². The van der Waals surface area contributed by atoms with Crippen molar-refractivity contribution in [3.05, 3.63) is 11.1 Å². The van der Waals surface area contributed by atoms with Gasteiger partial charge in [0.05, 0.1) is 5.03 Å². The van der Waals surface area contributed by atoms with Gasteiger partial charge in [0.15, 0.2) is 0 Å². The van der Waals surface area contributed by atoms with Crippen LogP contribution in [0.3, 0.4) is 0 Å². The Balaban J connectivity index is 2.64. The molecule has 1 unspecified atom stereocenters. The van der Waals surface area contributed by atoms with Crippen LogP contribution in [0.2, 0.25) is 0 Å². The Morgan fingerprint density at radius 1 is 1.89 bits per heavy atom. The Morgan fingerprint density at radius 3 is 2.78 bits per heavy atom. The Morgan fingerprint density at radius 2 is 2.56 bits per heavy atom. The van der Waals surface area contributed by atoms with E-state index in [1.165, 1.54) is 13.2 Å². The van der Waals surface area contributed by atoms with Crippen LogP contribution in [0.15, 0.2) is 11.1 Å². The number of cyclic esters (lactones) is 1. The average molecular weight is 149 g/mol. The van der Waals surface area contributed by atoms with Crippen LogP contribution in [0.4, 0.5) is 0 Å². The minimum Gasteiger partial charge on any atom is -0.427 e. The number of halogens is 1. The van der Waals surface area contributed by atoms with E-state index in [0.717, 1.165) is 0 Å². The van der Waals surface area contributed by atoms with E-state index in [2.05, 4.69) is 9.47 Å². The van der Waals surface area contributed by atoms with E-state index in [4.69, 9.17) is 11.6 Å². The summed E-state index contributed by atoms with van der Waals surface area (Å²) in [5.41, 5.74) is 0. The van der Waals surface area contributed by atoms with Gasteiger partial charge in [-0.05, 0) is 0 Å². The quantitative estimate of drug-likeness (QED) is 0.512. The predicted molar refractivity (Wildman–Crippen MR) is 30.8 cm³/mol. The van der Waals surface area contributed by atoms with Crippen molar-refractivity contribution in [2.75, 3.05) is 7.11 Å². The topological polar surface area (TPSA) is 35.5 Å². The molecule has 0 aliphatic carbocycles. The van der Waals surface area contributed by atoms with Crippen molar-refractivity contribution in [3.63, 3.8) is 0 Å². The van der Waals surface area contributed by atoms with E-state index in [9.17, 15) is 4.79 Å².